The number of hydrogen-bond donors (Lipinski definition) is 1. The average molecular weight is 499 g/mol. The molecule has 0 bridgehead atoms. The molecular weight excluding hydrogens is 448 g/mol. The predicted octanol–water partition coefficient (Wildman–Crippen LogP) is 5.35. The van der Waals surface area contributed by atoms with Gasteiger partial charge in [0.1, 0.15) is 6.10 Å². The van der Waals surface area contributed by atoms with Crippen LogP contribution in [-0.2, 0) is 33.5 Å². The molecule has 0 amide bonds. The van der Waals surface area contributed by atoms with Crippen molar-refractivity contribution in [2.45, 2.75) is 103 Å². The lowest BCUT2D eigenvalue weighted by Crippen LogP contribution is -2.23. The maximum Gasteiger partial charge on any atom is 0.397 e. The smallest absolute Gasteiger partial charge is 0.379 e. The standard InChI is InChI=1S/C24H50O8S/c1-3-5-6-7-8-9-10-11-12-13-14-15-16-28-17-18-29-19-20-30-21-22-31-23-24(4-2)32-33(25,26)27/h24H,3-23H2,1-2H3,(H,25,26,27). The van der Waals surface area contributed by atoms with Crippen molar-refractivity contribution in [3.63, 3.8) is 0 Å². The van der Waals surface area contributed by atoms with Crippen molar-refractivity contribution < 1.29 is 36.1 Å². The van der Waals surface area contributed by atoms with Gasteiger partial charge in [-0.25, -0.2) is 4.18 Å². The van der Waals surface area contributed by atoms with Gasteiger partial charge in [-0.2, -0.15) is 8.42 Å². The summed E-state index contributed by atoms with van der Waals surface area (Å²) < 4.78 is 56.2. The van der Waals surface area contributed by atoms with Crippen LogP contribution in [0.15, 0.2) is 0 Å². The average Bonchev–Trinajstić information content (AvgIpc) is 2.78. The molecule has 0 aliphatic rings. The van der Waals surface area contributed by atoms with Crippen molar-refractivity contribution in [2.24, 2.45) is 0 Å². The highest BCUT2D eigenvalue weighted by atomic mass is 32.3. The molecule has 0 spiro atoms. The second-order valence-electron chi connectivity index (χ2n) is 8.36. The first kappa shape index (κ1) is 32.7. The zero-order valence-electron chi connectivity index (χ0n) is 21.1. The SMILES string of the molecule is CCCCCCCCCCCCCCOCCOCCOCCOCC(CC)OS(=O)(=O)O. The summed E-state index contributed by atoms with van der Waals surface area (Å²) in [7, 11) is -4.45. The van der Waals surface area contributed by atoms with E-state index in [-0.39, 0.29) is 6.61 Å². The molecular formula is C24H50O8S. The third kappa shape index (κ3) is 27.8. The Morgan fingerprint density at radius 2 is 0.970 bits per heavy atom. The quantitative estimate of drug-likeness (QED) is 0.119. The Bertz CT molecular complexity index is 487. The van der Waals surface area contributed by atoms with E-state index >= 15 is 0 Å². The lowest BCUT2D eigenvalue weighted by atomic mass is 10.1. The van der Waals surface area contributed by atoms with Crippen molar-refractivity contribution >= 4 is 10.4 Å². The van der Waals surface area contributed by atoms with E-state index in [2.05, 4.69) is 11.1 Å². The molecule has 0 aromatic rings. The normalized spacial score (nSPS) is 12.9. The van der Waals surface area contributed by atoms with Crippen molar-refractivity contribution in [3.8, 4) is 0 Å². The van der Waals surface area contributed by atoms with Crippen LogP contribution in [-0.4, -0.2) is 71.9 Å². The molecule has 0 aromatic heterocycles. The van der Waals surface area contributed by atoms with Crippen LogP contribution < -0.4 is 0 Å². The molecule has 0 heterocycles. The van der Waals surface area contributed by atoms with Crippen LogP contribution >= 0.6 is 0 Å². The molecule has 0 fully saturated rings. The molecule has 0 aliphatic carbocycles. The molecule has 200 valence electrons. The zero-order valence-corrected chi connectivity index (χ0v) is 22.0. The second-order valence-corrected chi connectivity index (χ2v) is 9.40. The van der Waals surface area contributed by atoms with Gasteiger partial charge in [-0.1, -0.05) is 84.5 Å². The van der Waals surface area contributed by atoms with Crippen LogP contribution in [0.2, 0.25) is 0 Å². The van der Waals surface area contributed by atoms with Crippen molar-refractivity contribution in [2.75, 3.05) is 52.9 Å². The number of hydrogen-bond acceptors (Lipinski definition) is 7. The molecule has 33 heavy (non-hydrogen) atoms. The molecule has 1 atom stereocenters. The van der Waals surface area contributed by atoms with E-state index in [9.17, 15) is 8.42 Å². The molecule has 1 N–H and O–H groups in total. The van der Waals surface area contributed by atoms with Gasteiger partial charge in [0.25, 0.3) is 0 Å². The first-order valence-electron chi connectivity index (χ1n) is 13.0. The summed E-state index contributed by atoms with van der Waals surface area (Å²) in [5.74, 6) is 0. The van der Waals surface area contributed by atoms with Gasteiger partial charge in [0, 0.05) is 6.61 Å². The summed E-state index contributed by atoms with van der Waals surface area (Å²) in [6.07, 6.45) is 15.9. The predicted molar refractivity (Wildman–Crippen MR) is 131 cm³/mol. The van der Waals surface area contributed by atoms with Crippen molar-refractivity contribution in [3.05, 3.63) is 0 Å². The fourth-order valence-electron chi connectivity index (χ4n) is 3.31. The highest BCUT2D eigenvalue weighted by Gasteiger charge is 2.15. The minimum atomic E-state index is -4.45. The number of unbranched alkanes of at least 4 members (excludes halogenated alkanes) is 11. The molecule has 0 saturated heterocycles. The molecule has 0 aliphatic heterocycles. The Morgan fingerprint density at radius 3 is 1.39 bits per heavy atom. The van der Waals surface area contributed by atoms with Crippen LogP contribution in [0.5, 0.6) is 0 Å². The highest BCUT2D eigenvalue weighted by molar-refractivity contribution is 7.80. The van der Waals surface area contributed by atoms with E-state index < -0.39 is 16.5 Å². The van der Waals surface area contributed by atoms with Crippen LogP contribution in [0.3, 0.4) is 0 Å². The summed E-state index contributed by atoms with van der Waals surface area (Å²) in [6, 6.07) is 0. The molecule has 9 heteroatoms. The van der Waals surface area contributed by atoms with Crippen molar-refractivity contribution in [1.29, 1.82) is 0 Å². The molecule has 0 saturated carbocycles. The molecule has 8 nitrogen and oxygen atoms in total. The minimum Gasteiger partial charge on any atom is -0.379 e. The van der Waals surface area contributed by atoms with E-state index in [1.54, 1.807) is 6.92 Å². The fraction of sp³-hybridized carbons (Fsp3) is 1.00. The van der Waals surface area contributed by atoms with Gasteiger partial charge in [0.2, 0.25) is 0 Å². The van der Waals surface area contributed by atoms with Gasteiger partial charge in [0.15, 0.2) is 0 Å². The Hall–Kier alpha value is -0.290. The van der Waals surface area contributed by atoms with Gasteiger partial charge in [0.05, 0.1) is 46.2 Å². The third-order valence-electron chi connectivity index (χ3n) is 5.28. The lowest BCUT2D eigenvalue weighted by molar-refractivity contribution is -0.0141. The topological polar surface area (TPSA) is 101 Å². The van der Waals surface area contributed by atoms with Gasteiger partial charge in [-0.15, -0.1) is 0 Å². The van der Waals surface area contributed by atoms with Gasteiger partial charge in [-0.3, -0.25) is 4.55 Å². The number of rotatable bonds is 27. The van der Waals surface area contributed by atoms with Crippen molar-refractivity contribution in [1.82, 2.24) is 0 Å². The van der Waals surface area contributed by atoms with Gasteiger partial charge in [-0.05, 0) is 12.8 Å². The largest absolute Gasteiger partial charge is 0.397 e. The molecule has 0 rings (SSSR count). The van der Waals surface area contributed by atoms with Crippen LogP contribution in [0, 0.1) is 0 Å². The fourth-order valence-corrected chi connectivity index (χ4v) is 3.84. The Morgan fingerprint density at radius 1 is 0.576 bits per heavy atom. The monoisotopic (exact) mass is 498 g/mol. The molecule has 0 aromatic carbocycles. The van der Waals surface area contributed by atoms with E-state index in [1.807, 2.05) is 0 Å². The highest BCUT2D eigenvalue weighted by Crippen LogP contribution is 2.11. The summed E-state index contributed by atoms with van der Waals surface area (Å²) in [5, 5.41) is 0. The Balaban J connectivity index is 3.17. The first-order chi connectivity index (χ1) is 16.0. The molecule has 0 radical (unpaired) electrons. The van der Waals surface area contributed by atoms with E-state index in [0.717, 1.165) is 13.0 Å². The summed E-state index contributed by atoms with van der Waals surface area (Å²) in [4.78, 5) is 0. The zero-order chi connectivity index (χ0) is 24.5. The molecule has 1 unspecified atom stereocenters. The van der Waals surface area contributed by atoms with E-state index in [0.29, 0.717) is 46.1 Å². The van der Waals surface area contributed by atoms with E-state index in [1.165, 1.54) is 70.6 Å². The maximum absolute atomic E-state index is 10.7. The summed E-state index contributed by atoms with van der Waals surface area (Å²) >= 11 is 0. The Kier molecular flexibility index (Phi) is 24.6. The number of ether oxygens (including phenoxy) is 4. The second kappa shape index (κ2) is 24.8. The maximum atomic E-state index is 10.7. The van der Waals surface area contributed by atoms with E-state index in [4.69, 9.17) is 23.5 Å². The summed E-state index contributed by atoms with van der Waals surface area (Å²) in [6.45, 7) is 7.69. The van der Waals surface area contributed by atoms with Crippen LogP contribution in [0.4, 0.5) is 0 Å². The lowest BCUT2D eigenvalue weighted by Gasteiger charge is -2.13. The van der Waals surface area contributed by atoms with Gasteiger partial charge >= 0.3 is 10.4 Å². The van der Waals surface area contributed by atoms with Crippen LogP contribution in [0.1, 0.15) is 97.3 Å². The first-order valence-corrected chi connectivity index (χ1v) is 14.3. The summed E-state index contributed by atoms with van der Waals surface area (Å²) in [5.41, 5.74) is 0. The van der Waals surface area contributed by atoms with Crippen LogP contribution in [0.25, 0.3) is 0 Å². The minimum absolute atomic E-state index is 0.0761. The third-order valence-corrected chi connectivity index (χ3v) is 5.79. The van der Waals surface area contributed by atoms with Gasteiger partial charge < -0.3 is 18.9 Å². The Labute approximate surface area is 203 Å².